The summed E-state index contributed by atoms with van der Waals surface area (Å²) >= 11 is 0. The maximum atomic E-state index is 4.49. The number of rotatable bonds is 3. The minimum absolute atomic E-state index is 0.606. The Hall–Kier alpha value is -0.960. The normalized spacial score (nSPS) is 25.6. The molecule has 16 heavy (non-hydrogen) atoms. The first-order chi connectivity index (χ1) is 7.92. The van der Waals surface area contributed by atoms with E-state index in [4.69, 9.17) is 0 Å². The van der Waals surface area contributed by atoms with Crippen LogP contribution in [0, 0.1) is 0 Å². The summed E-state index contributed by atoms with van der Waals surface area (Å²) in [6.07, 6.45) is 11.7. The first kappa shape index (κ1) is 10.2. The van der Waals surface area contributed by atoms with Gasteiger partial charge in [0.25, 0.3) is 0 Å². The summed E-state index contributed by atoms with van der Waals surface area (Å²) < 4.78 is 0. The molecule has 0 amide bonds. The molecule has 3 nitrogen and oxygen atoms in total. The van der Waals surface area contributed by atoms with Gasteiger partial charge in [0.2, 0.25) is 0 Å². The van der Waals surface area contributed by atoms with Crippen LogP contribution in [-0.2, 0) is 6.42 Å². The van der Waals surface area contributed by atoms with Gasteiger partial charge in [0.15, 0.2) is 0 Å². The third-order valence-electron chi connectivity index (χ3n) is 3.89. The molecule has 2 fully saturated rings. The number of aromatic nitrogens is 2. The van der Waals surface area contributed by atoms with Crippen LogP contribution in [0.5, 0.6) is 0 Å². The smallest absolute Gasteiger partial charge is 0.129 e. The summed E-state index contributed by atoms with van der Waals surface area (Å²) in [6, 6.07) is 0.606. The molecule has 1 saturated carbocycles. The molecule has 2 heterocycles. The van der Waals surface area contributed by atoms with Crippen LogP contribution in [-0.4, -0.2) is 22.6 Å². The van der Waals surface area contributed by atoms with E-state index in [0.29, 0.717) is 6.04 Å². The van der Waals surface area contributed by atoms with Gasteiger partial charge in [0.1, 0.15) is 5.82 Å². The fraction of sp³-hybridized carbons (Fsp3) is 0.692. The molecule has 3 rings (SSSR count). The third-order valence-corrected chi connectivity index (χ3v) is 3.89. The minimum atomic E-state index is 0.606. The van der Waals surface area contributed by atoms with Crippen molar-refractivity contribution in [2.75, 3.05) is 6.54 Å². The monoisotopic (exact) mass is 217 g/mol. The zero-order chi connectivity index (χ0) is 10.8. The SMILES string of the molecule is c1nc(CC2CCCN2)ncc1C1CCC1. The first-order valence-corrected chi connectivity index (χ1v) is 6.46. The van der Waals surface area contributed by atoms with Crippen molar-refractivity contribution >= 4 is 0 Å². The zero-order valence-corrected chi connectivity index (χ0v) is 9.65. The number of hydrogen-bond donors (Lipinski definition) is 1. The van der Waals surface area contributed by atoms with Crippen molar-refractivity contribution < 1.29 is 0 Å². The Morgan fingerprint density at radius 3 is 2.50 bits per heavy atom. The molecule has 1 aromatic rings. The van der Waals surface area contributed by atoms with Crippen LogP contribution in [0.25, 0.3) is 0 Å². The van der Waals surface area contributed by atoms with E-state index in [0.717, 1.165) is 24.7 Å². The first-order valence-electron chi connectivity index (χ1n) is 6.46. The Morgan fingerprint density at radius 2 is 1.94 bits per heavy atom. The van der Waals surface area contributed by atoms with Crippen molar-refractivity contribution in [2.45, 2.75) is 50.5 Å². The molecular weight excluding hydrogens is 198 g/mol. The van der Waals surface area contributed by atoms with Crippen LogP contribution in [0.1, 0.15) is 49.4 Å². The minimum Gasteiger partial charge on any atom is -0.314 e. The predicted octanol–water partition coefficient (Wildman–Crippen LogP) is 2.04. The standard InChI is InChI=1S/C13H19N3/c1-3-10(4-1)11-8-15-13(16-9-11)7-12-5-2-6-14-12/h8-10,12,14H,1-7H2. The molecule has 1 aliphatic carbocycles. The Morgan fingerprint density at radius 1 is 1.12 bits per heavy atom. The highest BCUT2D eigenvalue weighted by Gasteiger charge is 2.20. The summed E-state index contributed by atoms with van der Waals surface area (Å²) in [5, 5.41) is 3.48. The highest BCUT2D eigenvalue weighted by molar-refractivity contribution is 5.14. The fourth-order valence-electron chi connectivity index (χ4n) is 2.57. The second-order valence-electron chi connectivity index (χ2n) is 5.06. The molecule has 1 N–H and O–H groups in total. The molecule has 0 aromatic carbocycles. The Balaban J connectivity index is 1.62. The molecular formula is C13H19N3. The molecule has 0 spiro atoms. The van der Waals surface area contributed by atoms with Gasteiger partial charge in [-0.1, -0.05) is 6.42 Å². The van der Waals surface area contributed by atoms with E-state index in [9.17, 15) is 0 Å². The van der Waals surface area contributed by atoms with Gasteiger partial charge >= 0.3 is 0 Å². The Labute approximate surface area is 96.7 Å². The van der Waals surface area contributed by atoms with E-state index < -0.39 is 0 Å². The van der Waals surface area contributed by atoms with Gasteiger partial charge in [-0.05, 0) is 43.7 Å². The topological polar surface area (TPSA) is 37.8 Å². The summed E-state index contributed by atoms with van der Waals surface area (Å²) in [4.78, 5) is 8.99. The molecule has 1 aromatic heterocycles. The molecule has 1 atom stereocenters. The van der Waals surface area contributed by atoms with Gasteiger partial charge in [-0.25, -0.2) is 9.97 Å². The van der Waals surface area contributed by atoms with Gasteiger partial charge < -0.3 is 5.32 Å². The van der Waals surface area contributed by atoms with Crippen LogP contribution in [0.3, 0.4) is 0 Å². The molecule has 0 bridgehead atoms. The van der Waals surface area contributed by atoms with Crippen molar-refractivity contribution in [1.29, 1.82) is 0 Å². The van der Waals surface area contributed by atoms with Gasteiger partial charge in [0, 0.05) is 24.9 Å². The summed E-state index contributed by atoms with van der Waals surface area (Å²) in [6.45, 7) is 1.16. The Kier molecular flexibility index (Phi) is 2.87. The number of hydrogen-bond acceptors (Lipinski definition) is 3. The van der Waals surface area contributed by atoms with E-state index in [1.54, 1.807) is 0 Å². The van der Waals surface area contributed by atoms with Crippen LogP contribution >= 0.6 is 0 Å². The summed E-state index contributed by atoms with van der Waals surface area (Å²) in [5.41, 5.74) is 1.34. The van der Waals surface area contributed by atoms with E-state index in [2.05, 4.69) is 15.3 Å². The molecule has 2 aliphatic rings. The van der Waals surface area contributed by atoms with Crippen LogP contribution < -0.4 is 5.32 Å². The molecule has 1 aliphatic heterocycles. The lowest BCUT2D eigenvalue weighted by Crippen LogP contribution is -2.24. The van der Waals surface area contributed by atoms with Crippen molar-refractivity contribution in [1.82, 2.24) is 15.3 Å². The third kappa shape index (κ3) is 2.09. The average Bonchev–Trinajstić information content (AvgIpc) is 2.71. The van der Waals surface area contributed by atoms with Crippen molar-refractivity contribution in [3.63, 3.8) is 0 Å². The highest BCUT2D eigenvalue weighted by atomic mass is 15.0. The zero-order valence-electron chi connectivity index (χ0n) is 9.65. The number of nitrogens with one attached hydrogen (secondary N) is 1. The second kappa shape index (κ2) is 4.50. The molecule has 1 unspecified atom stereocenters. The largest absolute Gasteiger partial charge is 0.314 e. The summed E-state index contributed by atoms with van der Waals surface area (Å²) in [7, 11) is 0. The lowest BCUT2D eigenvalue weighted by molar-refractivity contribution is 0.417. The van der Waals surface area contributed by atoms with Gasteiger partial charge in [-0.3, -0.25) is 0 Å². The highest BCUT2D eigenvalue weighted by Crippen LogP contribution is 2.35. The van der Waals surface area contributed by atoms with E-state index >= 15 is 0 Å². The van der Waals surface area contributed by atoms with Crippen molar-refractivity contribution in [2.24, 2.45) is 0 Å². The van der Waals surface area contributed by atoms with Gasteiger partial charge in [-0.2, -0.15) is 0 Å². The Bertz CT molecular complexity index is 337. The molecule has 86 valence electrons. The van der Waals surface area contributed by atoms with Gasteiger partial charge in [-0.15, -0.1) is 0 Å². The van der Waals surface area contributed by atoms with E-state index in [-0.39, 0.29) is 0 Å². The maximum Gasteiger partial charge on any atom is 0.129 e. The van der Waals surface area contributed by atoms with Crippen LogP contribution in [0.2, 0.25) is 0 Å². The maximum absolute atomic E-state index is 4.49. The van der Waals surface area contributed by atoms with Crippen LogP contribution in [0.15, 0.2) is 12.4 Å². The van der Waals surface area contributed by atoms with E-state index in [1.165, 1.54) is 37.7 Å². The van der Waals surface area contributed by atoms with Crippen molar-refractivity contribution in [3.8, 4) is 0 Å². The van der Waals surface area contributed by atoms with Gasteiger partial charge in [0.05, 0.1) is 0 Å². The lowest BCUT2D eigenvalue weighted by Gasteiger charge is -2.25. The second-order valence-corrected chi connectivity index (χ2v) is 5.06. The van der Waals surface area contributed by atoms with E-state index in [1.807, 2.05) is 12.4 Å². The predicted molar refractivity (Wildman–Crippen MR) is 63.4 cm³/mol. The van der Waals surface area contributed by atoms with Crippen molar-refractivity contribution in [3.05, 3.63) is 23.8 Å². The average molecular weight is 217 g/mol. The lowest BCUT2D eigenvalue weighted by atomic mass is 9.81. The molecule has 1 saturated heterocycles. The number of nitrogens with zero attached hydrogens (tertiary/aromatic N) is 2. The fourth-order valence-corrected chi connectivity index (χ4v) is 2.57. The molecule has 3 heteroatoms. The summed E-state index contributed by atoms with van der Waals surface area (Å²) in [5.74, 6) is 1.75. The molecule has 0 radical (unpaired) electrons. The van der Waals surface area contributed by atoms with Crippen LogP contribution in [0.4, 0.5) is 0 Å². The quantitative estimate of drug-likeness (QED) is 0.842.